The van der Waals surface area contributed by atoms with E-state index in [1.807, 2.05) is 0 Å². The predicted molar refractivity (Wildman–Crippen MR) is 72.6 cm³/mol. The summed E-state index contributed by atoms with van der Waals surface area (Å²) in [6.07, 6.45) is 2.62. The molecule has 0 saturated carbocycles. The van der Waals surface area contributed by atoms with E-state index in [0.717, 1.165) is 11.1 Å². The summed E-state index contributed by atoms with van der Waals surface area (Å²) in [5.41, 5.74) is 1.60. The standard InChI is InChI=1S/C14H13FN4O3/c15-9-2-3-10-8(5-9)1-4-11(10)16-13(20)7-19-6-12(14(21)22)17-18-19/h2-3,5-6,11H,1,4,7H2,(H,16,20)(H,21,22). The molecule has 0 radical (unpaired) electrons. The normalized spacial score (nSPS) is 16.3. The summed E-state index contributed by atoms with van der Waals surface area (Å²) in [6.45, 7) is -0.118. The molecule has 0 spiro atoms. The molecular formula is C14H13FN4O3. The van der Waals surface area contributed by atoms with Gasteiger partial charge >= 0.3 is 5.97 Å². The molecule has 2 aromatic rings. The number of carbonyl (C=O) groups is 2. The van der Waals surface area contributed by atoms with Crippen LogP contribution in [0.5, 0.6) is 0 Å². The zero-order valence-corrected chi connectivity index (χ0v) is 11.5. The minimum Gasteiger partial charge on any atom is -0.476 e. The first kappa shape index (κ1) is 14.2. The summed E-state index contributed by atoms with van der Waals surface area (Å²) in [7, 11) is 0. The molecule has 114 valence electrons. The number of hydrogen-bond acceptors (Lipinski definition) is 4. The Kier molecular flexibility index (Phi) is 3.58. The molecule has 1 aliphatic rings. The minimum absolute atomic E-state index is 0.118. The number of fused-ring (bicyclic) bond motifs is 1. The Morgan fingerprint density at radius 1 is 1.45 bits per heavy atom. The Morgan fingerprint density at radius 2 is 2.27 bits per heavy atom. The third kappa shape index (κ3) is 2.80. The van der Waals surface area contributed by atoms with Gasteiger partial charge in [0.05, 0.1) is 12.2 Å². The summed E-state index contributed by atoms with van der Waals surface area (Å²) in [5.74, 6) is -1.78. The van der Waals surface area contributed by atoms with Crippen LogP contribution in [0.4, 0.5) is 4.39 Å². The molecule has 0 fully saturated rings. The highest BCUT2D eigenvalue weighted by Crippen LogP contribution is 2.31. The number of halogens is 1. The average molecular weight is 304 g/mol. The summed E-state index contributed by atoms with van der Waals surface area (Å²) in [4.78, 5) is 22.7. The number of carboxylic acids is 1. The number of nitrogens with zero attached hydrogens (tertiary/aromatic N) is 3. The Labute approximate surface area is 124 Å². The minimum atomic E-state index is -1.20. The maximum atomic E-state index is 13.2. The molecule has 8 heteroatoms. The lowest BCUT2D eigenvalue weighted by atomic mass is 10.1. The molecule has 1 unspecified atom stereocenters. The van der Waals surface area contributed by atoms with Crippen molar-refractivity contribution in [1.82, 2.24) is 20.3 Å². The summed E-state index contributed by atoms with van der Waals surface area (Å²) >= 11 is 0. The van der Waals surface area contributed by atoms with Gasteiger partial charge in [-0.25, -0.2) is 13.9 Å². The van der Waals surface area contributed by atoms with Crippen LogP contribution in [0, 0.1) is 5.82 Å². The van der Waals surface area contributed by atoms with Gasteiger partial charge < -0.3 is 10.4 Å². The van der Waals surface area contributed by atoms with Gasteiger partial charge in [-0.1, -0.05) is 11.3 Å². The van der Waals surface area contributed by atoms with Gasteiger partial charge in [0, 0.05) is 0 Å². The molecule has 1 atom stereocenters. The van der Waals surface area contributed by atoms with E-state index in [4.69, 9.17) is 5.11 Å². The Balaban J connectivity index is 1.64. The van der Waals surface area contributed by atoms with Crippen LogP contribution in [0.1, 0.15) is 34.1 Å². The highest BCUT2D eigenvalue weighted by Gasteiger charge is 2.24. The number of aromatic nitrogens is 3. The number of carbonyl (C=O) groups excluding carboxylic acids is 1. The zero-order chi connectivity index (χ0) is 15.7. The second-order valence-electron chi connectivity index (χ2n) is 5.11. The monoisotopic (exact) mass is 304 g/mol. The molecule has 0 saturated heterocycles. The van der Waals surface area contributed by atoms with Crippen molar-refractivity contribution >= 4 is 11.9 Å². The van der Waals surface area contributed by atoms with Crippen molar-refractivity contribution in [3.8, 4) is 0 Å². The fraction of sp³-hybridized carbons (Fsp3) is 0.286. The third-order valence-corrected chi connectivity index (χ3v) is 3.58. The van der Waals surface area contributed by atoms with Crippen LogP contribution in [0.2, 0.25) is 0 Å². The Morgan fingerprint density at radius 3 is 3.00 bits per heavy atom. The molecule has 1 aliphatic carbocycles. The van der Waals surface area contributed by atoms with Crippen LogP contribution < -0.4 is 5.32 Å². The Hall–Kier alpha value is -2.77. The van der Waals surface area contributed by atoms with Crippen molar-refractivity contribution in [2.75, 3.05) is 0 Å². The average Bonchev–Trinajstić information content (AvgIpc) is 3.06. The van der Waals surface area contributed by atoms with E-state index in [2.05, 4.69) is 15.6 Å². The zero-order valence-electron chi connectivity index (χ0n) is 11.5. The first-order valence-electron chi connectivity index (χ1n) is 6.74. The maximum Gasteiger partial charge on any atom is 0.358 e. The number of benzene rings is 1. The topological polar surface area (TPSA) is 97.1 Å². The fourth-order valence-corrected chi connectivity index (χ4v) is 2.60. The second-order valence-corrected chi connectivity index (χ2v) is 5.11. The van der Waals surface area contributed by atoms with Crippen LogP contribution in [-0.2, 0) is 17.8 Å². The number of carboxylic acid groups (broad SMARTS) is 1. The van der Waals surface area contributed by atoms with Gasteiger partial charge in [-0.2, -0.15) is 0 Å². The first-order chi connectivity index (χ1) is 10.5. The van der Waals surface area contributed by atoms with E-state index in [1.54, 1.807) is 6.07 Å². The number of rotatable bonds is 4. The van der Waals surface area contributed by atoms with Crippen molar-refractivity contribution in [1.29, 1.82) is 0 Å². The number of amides is 1. The quantitative estimate of drug-likeness (QED) is 0.875. The van der Waals surface area contributed by atoms with Crippen LogP contribution in [0.3, 0.4) is 0 Å². The van der Waals surface area contributed by atoms with E-state index >= 15 is 0 Å². The SMILES string of the molecule is O=C(Cn1cc(C(=O)O)nn1)NC1CCc2cc(F)ccc21. The van der Waals surface area contributed by atoms with Gasteiger partial charge in [-0.3, -0.25) is 4.79 Å². The highest BCUT2D eigenvalue weighted by atomic mass is 19.1. The van der Waals surface area contributed by atoms with Gasteiger partial charge in [-0.15, -0.1) is 5.10 Å². The molecule has 0 bridgehead atoms. The number of aryl methyl sites for hydroxylation is 1. The fourth-order valence-electron chi connectivity index (χ4n) is 2.60. The largest absolute Gasteiger partial charge is 0.476 e. The van der Waals surface area contributed by atoms with Gasteiger partial charge in [-0.05, 0) is 36.1 Å². The molecule has 1 aromatic heterocycles. The summed E-state index contributed by atoms with van der Waals surface area (Å²) in [6, 6.07) is 4.38. The van der Waals surface area contributed by atoms with Crippen molar-refractivity contribution in [2.45, 2.75) is 25.4 Å². The summed E-state index contributed by atoms with van der Waals surface area (Å²) < 4.78 is 14.3. The van der Waals surface area contributed by atoms with E-state index in [-0.39, 0.29) is 30.0 Å². The molecule has 2 N–H and O–H groups in total. The van der Waals surface area contributed by atoms with Crippen LogP contribution in [0.15, 0.2) is 24.4 Å². The van der Waals surface area contributed by atoms with Gasteiger partial charge in [0.1, 0.15) is 12.4 Å². The molecule has 1 aromatic carbocycles. The van der Waals surface area contributed by atoms with E-state index in [0.29, 0.717) is 12.8 Å². The van der Waals surface area contributed by atoms with Gasteiger partial charge in [0.2, 0.25) is 5.91 Å². The first-order valence-corrected chi connectivity index (χ1v) is 6.74. The molecule has 22 heavy (non-hydrogen) atoms. The number of hydrogen-bond donors (Lipinski definition) is 2. The van der Waals surface area contributed by atoms with Crippen LogP contribution in [-0.4, -0.2) is 32.0 Å². The summed E-state index contributed by atoms with van der Waals surface area (Å²) in [5, 5.41) is 18.6. The lowest BCUT2D eigenvalue weighted by Crippen LogP contribution is -2.30. The maximum absolute atomic E-state index is 13.2. The van der Waals surface area contributed by atoms with Crippen molar-refractivity contribution in [3.63, 3.8) is 0 Å². The van der Waals surface area contributed by atoms with E-state index in [1.165, 1.54) is 23.0 Å². The smallest absolute Gasteiger partial charge is 0.358 e. The lowest BCUT2D eigenvalue weighted by Gasteiger charge is -2.14. The predicted octanol–water partition coefficient (Wildman–Crippen LogP) is 0.919. The molecule has 0 aliphatic heterocycles. The van der Waals surface area contributed by atoms with E-state index in [9.17, 15) is 14.0 Å². The molecule has 1 amide bonds. The number of nitrogens with one attached hydrogen (secondary N) is 1. The molecule has 7 nitrogen and oxygen atoms in total. The second kappa shape index (κ2) is 5.55. The third-order valence-electron chi connectivity index (χ3n) is 3.58. The van der Waals surface area contributed by atoms with Crippen molar-refractivity contribution in [2.24, 2.45) is 0 Å². The van der Waals surface area contributed by atoms with Crippen molar-refractivity contribution < 1.29 is 19.1 Å². The molecule has 1 heterocycles. The van der Waals surface area contributed by atoms with Crippen LogP contribution in [0.25, 0.3) is 0 Å². The molecule has 3 rings (SSSR count). The van der Waals surface area contributed by atoms with Crippen molar-refractivity contribution in [3.05, 3.63) is 47.0 Å². The molecular weight excluding hydrogens is 291 g/mol. The van der Waals surface area contributed by atoms with Gasteiger partial charge in [0.15, 0.2) is 5.69 Å². The lowest BCUT2D eigenvalue weighted by molar-refractivity contribution is -0.122. The highest BCUT2D eigenvalue weighted by molar-refractivity contribution is 5.84. The van der Waals surface area contributed by atoms with E-state index < -0.39 is 5.97 Å². The van der Waals surface area contributed by atoms with Gasteiger partial charge in [0.25, 0.3) is 0 Å². The van der Waals surface area contributed by atoms with Crippen LogP contribution >= 0.6 is 0 Å². The number of aromatic carboxylic acids is 1. The Bertz CT molecular complexity index is 743.